The molecule has 0 aromatic heterocycles. The van der Waals surface area contributed by atoms with E-state index in [1.807, 2.05) is 0 Å². The van der Waals surface area contributed by atoms with Crippen LogP contribution in [0.15, 0.2) is 146 Å². The Morgan fingerprint density at radius 3 is 0.747 bits per heavy atom. The zero-order valence-corrected chi connectivity index (χ0v) is 48.3. The van der Waals surface area contributed by atoms with Crippen LogP contribution < -0.4 is 0 Å². The number of allylic oxidation sites excluding steroid dienone is 24. The van der Waals surface area contributed by atoms with Gasteiger partial charge in [0.1, 0.15) is 13.2 Å². The Hall–Kier alpha value is -4.71. The van der Waals surface area contributed by atoms with Crippen molar-refractivity contribution >= 4 is 17.9 Å². The predicted molar refractivity (Wildman–Crippen MR) is 325 cm³/mol. The molecule has 0 radical (unpaired) electrons. The van der Waals surface area contributed by atoms with E-state index in [1.165, 1.54) is 38.5 Å². The van der Waals surface area contributed by atoms with Crippen molar-refractivity contribution in [3.63, 3.8) is 0 Å². The molecule has 0 bridgehead atoms. The van der Waals surface area contributed by atoms with Crippen LogP contribution in [-0.4, -0.2) is 37.2 Å². The van der Waals surface area contributed by atoms with E-state index < -0.39 is 6.10 Å². The number of hydrogen-bond acceptors (Lipinski definition) is 6. The second-order valence-electron chi connectivity index (χ2n) is 19.5. The molecule has 0 saturated carbocycles. The summed E-state index contributed by atoms with van der Waals surface area (Å²) in [5.41, 5.74) is 0. The van der Waals surface area contributed by atoms with Gasteiger partial charge < -0.3 is 14.2 Å². The molecule has 6 heteroatoms. The van der Waals surface area contributed by atoms with Crippen molar-refractivity contribution in [3.05, 3.63) is 146 Å². The molecular formula is C69H110O6. The maximum absolute atomic E-state index is 12.9. The first-order valence-corrected chi connectivity index (χ1v) is 30.3. The van der Waals surface area contributed by atoms with E-state index in [0.717, 1.165) is 173 Å². The van der Waals surface area contributed by atoms with Crippen LogP contribution in [0.5, 0.6) is 0 Å². The Morgan fingerprint density at radius 2 is 0.480 bits per heavy atom. The fourth-order valence-corrected chi connectivity index (χ4v) is 7.89. The first-order valence-electron chi connectivity index (χ1n) is 30.3. The normalized spacial score (nSPS) is 13.2. The van der Waals surface area contributed by atoms with E-state index in [4.69, 9.17) is 14.2 Å². The number of hydrogen-bond donors (Lipinski definition) is 0. The molecule has 422 valence electrons. The Kier molecular flexibility index (Phi) is 58.0. The third-order valence-corrected chi connectivity index (χ3v) is 12.3. The van der Waals surface area contributed by atoms with Gasteiger partial charge in [0.2, 0.25) is 0 Å². The summed E-state index contributed by atoms with van der Waals surface area (Å²) in [4.78, 5) is 38.3. The van der Waals surface area contributed by atoms with Gasteiger partial charge in [-0.05, 0) is 135 Å². The van der Waals surface area contributed by atoms with E-state index in [2.05, 4.69) is 167 Å². The molecule has 0 spiro atoms. The van der Waals surface area contributed by atoms with Crippen molar-refractivity contribution in [1.29, 1.82) is 0 Å². The highest BCUT2D eigenvalue weighted by Crippen LogP contribution is 2.14. The SMILES string of the molecule is CC/C=C\C/C=C\C/C=C\C/C=C\C/C=C\C/C=C\CCCCCCCCC(=O)OCC(COC(=O)CCCCCCC/C=C\C/C=C\C/C=C\CC)OC(=O)CCCCCCCCC/C=C\C/C=C\C/C=C\CC. The molecule has 0 rings (SSSR count). The number of ether oxygens (including phenoxy) is 3. The molecule has 0 aliphatic rings. The number of carbonyl (C=O) groups is 3. The largest absolute Gasteiger partial charge is 0.462 e. The monoisotopic (exact) mass is 1030 g/mol. The van der Waals surface area contributed by atoms with E-state index >= 15 is 0 Å². The van der Waals surface area contributed by atoms with Crippen molar-refractivity contribution in [3.8, 4) is 0 Å². The third-order valence-electron chi connectivity index (χ3n) is 12.3. The quantitative estimate of drug-likeness (QED) is 0.0261. The minimum atomic E-state index is -0.805. The van der Waals surface area contributed by atoms with E-state index in [0.29, 0.717) is 19.3 Å². The van der Waals surface area contributed by atoms with E-state index in [1.54, 1.807) is 0 Å². The molecule has 0 aliphatic heterocycles. The van der Waals surface area contributed by atoms with Crippen LogP contribution in [0, 0.1) is 0 Å². The Bertz CT molecular complexity index is 1660. The number of esters is 3. The topological polar surface area (TPSA) is 78.9 Å². The summed E-state index contributed by atoms with van der Waals surface area (Å²) in [5.74, 6) is -0.944. The summed E-state index contributed by atoms with van der Waals surface area (Å²) < 4.78 is 16.9. The molecule has 0 aromatic carbocycles. The Balaban J connectivity index is 4.44. The van der Waals surface area contributed by atoms with Gasteiger partial charge in [0.05, 0.1) is 0 Å². The summed E-state index contributed by atoms with van der Waals surface area (Å²) >= 11 is 0. The zero-order chi connectivity index (χ0) is 54.3. The van der Waals surface area contributed by atoms with Crippen LogP contribution in [0.4, 0.5) is 0 Å². The van der Waals surface area contributed by atoms with Gasteiger partial charge in [-0.2, -0.15) is 0 Å². The van der Waals surface area contributed by atoms with Crippen LogP contribution in [-0.2, 0) is 28.6 Å². The first-order chi connectivity index (χ1) is 37.0. The second-order valence-corrected chi connectivity index (χ2v) is 19.5. The molecule has 0 fully saturated rings. The lowest BCUT2D eigenvalue weighted by atomic mass is 10.1. The Labute approximate surface area is 461 Å². The summed E-state index contributed by atoms with van der Waals surface area (Å²) in [5, 5.41) is 0. The van der Waals surface area contributed by atoms with Gasteiger partial charge in [-0.1, -0.05) is 244 Å². The van der Waals surface area contributed by atoms with Gasteiger partial charge in [-0.25, -0.2) is 0 Å². The lowest BCUT2D eigenvalue weighted by Crippen LogP contribution is -2.30. The summed E-state index contributed by atoms with van der Waals surface area (Å²) in [6.45, 7) is 6.26. The van der Waals surface area contributed by atoms with Gasteiger partial charge in [0, 0.05) is 19.3 Å². The number of rotatable bonds is 53. The first kappa shape index (κ1) is 70.3. The van der Waals surface area contributed by atoms with Gasteiger partial charge in [0.15, 0.2) is 6.10 Å². The molecule has 0 aromatic rings. The average Bonchev–Trinajstić information content (AvgIpc) is 3.41. The molecule has 75 heavy (non-hydrogen) atoms. The minimum absolute atomic E-state index is 0.101. The van der Waals surface area contributed by atoms with Gasteiger partial charge in [0.25, 0.3) is 0 Å². The molecule has 6 nitrogen and oxygen atoms in total. The number of unbranched alkanes of at least 4 members (excludes halogenated alkanes) is 18. The second kappa shape index (κ2) is 61.8. The molecule has 0 aliphatic carbocycles. The fourth-order valence-electron chi connectivity index (χ4n) is 7.89. The molecule has 0 N–H and O–H groups in total. The van der Waals surface area contributed by atoms with E-state index in [-0.39, 0.29) is 31.1 Å². The van der Waals surface area contributed by atoms with Crippen LogP contribution in [0.1, 0.15) is 252 Å². The van der Waals surface area contributed by atoms with Crippen LogP contribution in [0.25, 0.3) is 0 Å². The molecule has 1 atom stereocenters. The van der Waals surface area contributed by atoms with Crippen molar-refractivity contribution in [1.82, 2.24) is 0 Å². The molecule has 0 heterocycles. The maximum Gasteiger partial charge on any atom is 0.306 e. The summed E-state index contributed by atoms with van der Waals surface area (Å²) in [6, 6.07) is 0. The lowest BCUT2D eigenvalue weighted by molar-refractivity contribution is -0.167. The predicted octanol–water partition coefficient (Wildman–Crippen LogP) is 20.8. The molecule has 1 unspecified atom stereocenters. The van der Waals surface area contributed by atoms with Gasteiger partial charge in [-0.3, -0.25) is 14.4 Å². The van der Waals surface area contributed by atoms with Crippen molar-refractivity contribution < 1.29 is 28.6 Å². The maximum atomic E-state index is 12.9. The van der Waals surface area contributed by atoms with Crippen molar-refractivity contribution in [2.75, 3.05) is 13.2 Å². The highest BCUT2D eigenvalue weighted by Gasteiger charge is 2.19. The molecular weight excluding hydrogens is 925 g/mol. The highest BCUT2D eigenvalue weighted by molar-refractivity contribution is 5.71. The Morgan fingerprint density at radius 1 is 0.267 bits per heavy atom. The highest BCUT2D eigenvalue weighted by atomic mass is 16.6. The summed E-state index contributed by atoms with van der Waals surface area (Å²) in [6.07, 6.45) is 88.4. The molecule has 0 saturated heterocycles. The van der Waals surface area contributed by atoms with Crippen molar-refractivity contribution in [2.45, 2.75) is 258 Å². The van der Waals surface area contributed by atoms with Crippen LogP contribution in [0.3, 0.4) is 0 Å². The average molecular weight is 1040 g/mol. The molecule has 0 amide bonds. The van der Waals surface area contributed by atoms with Gasteiger partial charge >= 0.3 is 17.9 Å². The lowest BCUT2D eigenvalue weighted by Gasteiger charge is -2.18. The zero-order valence-electron chi connectivity index (χ0n) is 48.3. The van der Waals surface area contributed by atoms with Crippen LogP contribution >= 0.6 is 0 Å². The number of carbonyl (C=O) groups excluding carboxylic acids is 3. The van der Waals surface area contributed by atoms with Crippen LogP contribution in [0.2, 0.25) is 0 Å². The standard InChI is InChI=1S/C69H110O6/c1-4-7-10-13-16-19-22-25-28-30-31-32-33-34-35-36-37-39-41-44-47-50-53-56-59-62-68(71)74-65-66(64-73-67(70)61-58-55-52-49-46-43-40-27-24-21-18-15-12-9-6-3)75-69(72)63-60-57-54-51-48-45-42-38-29-26-23-20-17-14-11-8-5-2/h7-12,16-21,25-29,31-32,34-35,37,39-40,66H,4-6,13-15,22-24,30,33,36,38,41-65H2,1-3H3/b10-7-,11-8-,12-9-,19-16-,20-17-,21-18-,28-25-,29-26-,32-31-,35-34-,39-37-,40-27-. The third kappa shape index (κ3) is 60.0. The van der Waals surface area contributed by atoms with E-state index in [9.17, 15) is 14.4 Å². The minimum Gasteiger partial charge on any atom is -0.462 e. The summed E-state index contributed by atoms with van der Waals surface area (Å²) in [7, 11) is 0. The van der Waals surface area contributed by atoms with Crippen molar-refractivity contribution in [2.24, 2.45) is 0 Å². The van der Waals surface area contributed by atoms with Gasteiger partial charge in [-0.15, -0.1) is 0 Å². The smallest absolute Gasteiger partial charge is 0.306 e. The fraction of sp³-hybridized carbons (Fsp3) is 0.609.